The van der Waals surface area contributed by atoms with Crippen LogP contribution in [0.2, 0.25) is 0 Å². The van der Waals surface area contributed by atoms with Crippen LogP contribution in [0.15, 0.2) is 0 Å². The van der Waals surface area contributed by atoms with E-state index in [-0.39, 0.29) is 153 Å². The molecule has 0 aromatic carbocycles. The molecule has 15 atom stereocenters. The van der Waals surface area contributed by atoms with E-state index >= 15 is 0 Å². The highest BCUT2D eigenvalue weighted by atomic mass is 16.7. The van der Waals surface area contributed by atoms with Gasteiger partial charge in [0.25, 0.3) is 0 Å². The number of rotatable bonds is 53. The first-order valence-electron chi connectivity index (χ1n) is 34.5. The Hall–Kier alpha value is -5.53. The third-order valence-electron chi connectivity index (χ3n) is 16.1. The lowest BCUT2D eigenvalue weighted by molar-refractivity contribution is -0.270. The molecule has 0 radical (unpaired) electrons. The molecule has 3 rings (SSSR count). The average molecular weight is 1440 g/mol. The maximum Gasteiger partial charge on any atom is 0.222 e. The molecule has 37 nitrogen and oxygen atoms in total. The molecular formula is C63H114N10O27. The molecule has 3 aliphatic heterocycles. The van der Waals surface area contributed by atoms with E-state index in [1.54, 1.807) is 0 Å². The Balaban J connectivity index is 1.38. The van der Waals surface area contributed by atoms with E-state index in [1.807, 2.05) is 6.92 Å². The molecule has 19 N–H and O–H groups in total. The molecule has 0 aliphatic carbocycles. The number of aliphatic hydroxyl groups excluding tert-OH is 9. The molecule has 37 heteroatoms. The molecule has 0 spiro atoms. The largest absolute Gasteiger partial charge is 0.394 e. The van der Waals surface area contributed by atoms with Gasteiger partial charge in [-0.1, -0.05) is 6.92 Å². The van der Waals surface area contributed by atoms with Crippen LogP contribution in [-0.4, -0.2) is 322 Å². The number of aliphatic hydroxyl groups is 9. The van der Waals surface area contributed by atoms with E-state index in [4.69, 9.17) is 42.6 Å². The van der Waals surface area contributed by atoms with Gasteiger partial charge in [0, 0.05) is 118 Å². The fourth-order valence-electron chi connectivity index (χ4n) is 10.7. The van der Waals surface area contributed by atoms with Crippen molar-refractivity contribution >= 4 is 53.2 Å². The van der Waals surface area contributed by atoms with Crippen molar-refractivity contribution in [1.29, 1.82) is 0 Å². The fraction of sp³-hybridized carbons (Fsp3) is 0.857. The minimum absolute atomic E-state index is 0.00328. The second-order valence-corrected chi connectivity index (χ2v) is 24.7. The maximum absolute atomic E-state index is 12.8. The Bertz CT molecular complexity index is 2150. The normalized spacial score (nSPS) is 25.7. The number of carbonyl (C=O) groups is 9. The summed E-state index contributed by atoms with van der Waals surface area (Å²) in [6.07, 6.45) is -11.0. The molecule has 3 saturated heterocycles. The predicted octanol–water partition coefficient (Wildman–Crippen LogP) is -7.19. The molecule has 9 amide bonds. The summed E-state index contributed by atoms with van der Waals surface area (Å²) in [5.74, 6) is -3.00. The smallest absolute Gasteiger partial charge is 0.222 e. The van der Waals surface area contributed by atoms with Crippen LogP contribution >= 0.6 is 0 Å². The van der Waals surface area contributed by atoms with Gasteiger partial charge in [0.15, 0.2) is 18.9 Å². The van der Waals surface area contributed by atoms with E-state index in [0.717, 1.165) is 0 Å². The summed E-state index contributed by atoms with van der Waals surface area (Å²) >= 11 is 0. The molecule has 3 fully saturated rings. The summed E-state index contributed by atoms with van der Waals surface area (Å²) in [6.45, 7) is 6.29. The van der Waals surface area contributed by atoms with Crippen molar-refractivity contribution in [2.45, 2.75) is 221 Å². The summed E-state index contributed by atoms with van der Waals surface area (Å²) in [6, 6.07) is -3.22. The number of likely N-dealkylation sites (N-methyl/N-ethyl adjacent to an activating group) is 1. The summed E-state index contributed by atoms with van der Waals surface area (Å²) in [4.78, 5) is 111. The van der Waals surface area contributed by atoms with Crippen LogP contribution in [0.4, 0.5) is 0 Å². The van der Waals surface area contributed by atoms with Gasteiger partial charge < -0.3 is 142 Å². The lowest BCUT2D eigenvalue weighted by atomic mass is 9.97. The number of amides is 9. The van der Waals surface area contributed by atoms with Crippen LogP contribution in [0.1, 0.15) is 124 Å². The second kappa shape index (κ2) is 50.8. The van der Waals surface area contributed by atoms with Crippen molar-refractivity contribution in [3.05, 3.63) is 0 Å². The minimum atomic E-state index is -1.44. The maximum atomic E-state index is 12.8. The van der Waals surface area contributed by atoms with Gasteiger partial charge in [0.1, 0.15) is 73.1 Å². The van der Waals surface area contributed by atoms with Crippen molar-refractivity contribution in [2.24, 2.45) is 0 Å². The molecule has 0 saturated carbocycles. The van der Waals surface area contributed by atoms with Crippen LogP contribution in [0.5, 0.6) is 0 Å². The van der Waals surface area contributed by atoms with Gasteiger partial charge in [-0.05, 0) is 64.3 Å². The molecule has 3 heterocycles. The van der Waals surface area contributed by atoms with Gasteiger partial charge in [0.2, 0.25) is 53.2 Å². The summed E-state index contributed by atoms with van der Waals surface area (Å²) < 4.78 is 51.7. The zero-order valence-corrected chi connectivity index (χ0v) is 58.1. The van der Waals surface area contributed by atoms with E-state index < -0.39 is 135 Å². The standard InChI is InChI=1S/C63H114N10O27/c1-5-70-63(36-92-30-18-48(83)67-24-12-21-64-45(80)15-6-9-27-95-60-51(71-39(2)77)57(89)54(86)42(33-74)98-60,37-93-31-19-49(84)68-25-13-22-65-46(81)16-7-10-28-96-61-52(72-40(3)78)58(90)55(87)43(34-75)99-61)38-94-32-20-50(85)69-26-14-23-66-47(82)17-8-11-29-97-62-53(73-41(4)79)59(91)56(88)44(35-76)100-62/h42-44,51-62,70,74-76,86-91H,5-38H2,1-4H3,(H,64,80)(H,65,81)(H,66,82)(H,67,83)(H,68,84)(H,69,85)(H,71,77)(H,72,78)(H,73,79). The Morgan fingerprint density at radius 1 is 0.350 bits per heavy atom. The van der Waals surface area contributed by atoms with Crippen LogP contribution in [0, 0.1) is 0 Å². The molecule has 100 heavy (non-hydrogen) atoms. The van der Waals surface area contributed by atoms with E-state index in [9.17, 15) is 89.1 Å². The number of carbonyl (C=O) groups excluding carboxylic acids is 9. The van der Waals surface area contributed by atoms with Crippen molar-refractivity contribution in [3.8, 4) is 0 Å². The Morgan fingerprint density at radius 3 is 0.830 bits per heavy atom. The van der Waals surface area contributed by atoms with E-state index in [0.29, 0.717) is 84.0 Å². The highest BCUT2D eigenvalue weighted by Crippen LogP contribution is 2.26. The van der Waals surface area contributed by atoms with Gasteiger partial charge >= 0.3 is 0 Å². The highest BCUT2D eigenvalue weighted by molar-refractivity contribution is 5.78. The summed E-state index contributed by atoms with van der Waals surface area (Å²) in [7, 11) is 0. The SMILES string of the molecule is CCNC(COCCC(=O)NCCCNC(=O)CCCCOC1OC(CO)C(O)C(O)C1NC(C)=O)(COCCC(=O)NCCCNC(=O)CCCCOC1OC(CO)C(O)C(O)C1NC(C)=O)COCCC(=O)NCCCNC(=O)CCCCOC1OC(CO)C(O)C(O)C1NC(C)=O. The lowest BCUT2D eigenvalue weighted by Gasteiger charge is -2.42. The molecule has 578 valence electrons. The number of unbranched alkanes of at least 4 members (excludes halogenated alkanes) is 3. The number of hydrogen-bond donors (Lipinski definition) is 19. The Labute approximate surface area is 582 Å². The van der Waals surface area contributed by atoms with Crippen molar-refractivity contribution < 1.29 is 132 Å². The highest BCUT2D eigenvalue weighted by Gasteiger charge is 2.48. The van der Waals surface area contributed by atoms with Gasteiger partial charge in [0.05, 0.1) is 65.0 Å². The Kier molecular flexibility index (Phi) is 45.0. The molecule has 3 aliphatic rings. The first-order valence-corrected chi connectivity index (χ1v) is 34.5. The summed E-state index contributed by atoms with van der Waals surface area (Å²) in [5, 5.41) is 118. The quantitative estimate of drug-likeness (QED) is 0.0252. The zero-order valence-electron chi connectivity index (χ0n) is 58.1. The van der Waals surface area contributed by atoms with Gasteiger partial charge in [-0.15, -0.1) is 0 Å². The van der Waals surface area contributed by atoms with Gasteiger partial charge in [-0.2, -0.15) is 0 Å². The van der Waals surface area contributed by atoms with Crippen molar-refractivity contribution in [2.75, 3.05) is 125 Å². The topological polar surface area (TPSA) is 539 Å². The third-order valence-corrected chi connectivity index (χ3v) is 16.1. The second-order valence-electron chi connectivity index (χ2n) is 24.7. The van der Waals surface area contributed by atoms with Gasteiger partial charge in [-0.3, -0.25) is 43.2 Å². The molecule has 0 aromatic heterocycles. The summed E-state index contributed by atoms with van der Waals surface area (Å²) in [5.41, 5.74) is -0.990. The molecule has 15 unspecified atom stereocenters. The number of ether oxygens (including phenoxy) is 9. The molecule has 0 bridgehead atoms. The third kappa shape index (κ3) is 35.1. The van der Waals surface area contributed by atoms with Crippen LogP contribution in [0.25, 0.3) is 0 Å². The fourth-order valence-corrected chi connectivity index (χ4v) is 10.7. The minimum Gasteiger partial charge on any atom is -0.394 e. The monoisotopic (exact) mass is 1440 g/mol. The first-order chi connectivity index (χ1) is 47.9. The van der Waals surface area contributed by atoms with Crippen molar-refractivity contribution in [3.63, 3.8) is 0 Å². The molecule has 0 aromatic rings. The van der Waals surface area contributed by atoms with Crippen molar-refractivity contribution in [1.82, 2.24) is 53.2 Å². The van der Waals surface area contributed by atoms with E-state index in [2.05, 4.69) is 53.2 Å². The van der Waals surface area contributed by atoms with Crippen LogP contribution < -0.4 is 53.2 Å². The zero-order chi connectivity index (χ0) is 73.8. The molecular weight excluding hydrogens is 1330 g/mol. The number of nitrogens with one attached hydrogen (secondary N) is 10. The Morgan fingerprint density at radius 2 is 0.600 bits per heavy atom. The van der Waals surface area contributed by atoms with Crippen LogP contribution in [0.3, 0.4) is 0 Å². The average Bonchev–Trinajstić information content (AvgIpc) is 0.824. The lowest BCUT2D eigenvalue weighted by Crippen LogP contribution is -2.64. The van der Waals surface area contributed by atoms with Gasteiger partial charge in [-0.25, -0.2) is 0 Å². The first kappa shape index (κ1) is 88.7. The predicted molar refractivity (Wildman–Crippen MR) is 350 cm³/mol. The van der Waals surface area contributed by atoms with Crippen LogP contribution in [-0.2, 0) is 85.8 Å². The van der Waals surface area contributed by atoms with E-state index in [1.165, 1.54) is 20.8 Å². The number of hydrogen-bond acceptors (Lipinski definition) is 28.